The van der Waals surface area contributed by atoms with E-state index in [0.29, 0.717) is 39.1 Å². The van der Waals surface area contributed by atoms with Gasteiger partial charge in [0.2, 0.25) is 5.91 Å². The molecule has 1 rings (SSSR count). The van der Waals surface area contributed by atoms with Crippen LogP contribution < -0.4 is 0 Å². The maximum Gasteiger partial charge on any atom is 0.308 e. The Morgan fingerprint density at radius 1 is 1.41 bits per heavy atom. The molecule has 0 saturated carbocycles. The van der Waals surface area contributed by atoms with E-state index < -0.39 is 11.9 Å². The number of likely N-dealkylation sites (tertiary alicyclic amines) is 1. The monoisotopic (exact) mass is 243 g/mol. The number of hydrogen-bond donors (Lipinski definition) is 1. The third-order valence-corrected chi connectivity index (χ3v) is 3.17. The van der Waals surface area contributed by atoms with Crippen LogP contribution in [-0.2, 0) is 14.3 Å². The van der Waals surface area contributed by atoms with Crippen molar-refractivity contribution in [2.45, 2.75) is 26.7 Å². The van der Waals surface area contributed by atoms with Crippen LogP contribution >= 0.6 is 0 Å². The summed E-state index contributed by atoms with van der Waals surface area (Å²) in [5, 5.41) is 8.97. The summed E-state index contributed by atoms with van der Waals surface area (Å²) >= 11 is 0. The summed E-state index contributed by atoms with van der Waals surface area (Å²) in [6.45, 7) is 5.96. The van der Waals surface area contributed by atoms with E-state index in [1.165, 1.54) is 0 Å². The number of aliphatic carboxylic acids is 1. The van der Waals surface area contributed by atoms with Crippen molar-refractivity contribution < 1.29 is 19.4 Å². The van der Waals surface area contributed by atoms with Crippen molar-refractivity contribution in [1.82, 2.24) is 4.90 Å². The molecule has 1 amide bonds. The maximum atomic E-state index is 11.8. The Bertz CT molecular complexity index is 280. The van der Waals surface area contributed by atoms with Gasteiger partial charge in [-0.2, -0.15) is 0 Å². The van der Waals surface area contributed by atoms with Gasteiger partial charge in [-0.1, -0.05) is 6.92 Å². The average molecular weight is 243 g/mol. The highest BCUT2D eigenvalue weighted by Crippen LogP contribution is 2.23. The number of carbonyl (C=O) groups is 2. The average Bonchev–Trinajstić information content (AvgIpc) is 2.66. The van der Waals surface area contributed by atoms with Gasteiger partial charge in [0.15, 0.2) is 0 Å². The van der Waals surface area contributed by atoms with E-state index in [1.807, 2.05) is 13.8 Å². The second-order valence-corrected chi connectivity index (χ2v) is 4.52. The molecule has 0 bridgehead atoms. The van der Waals surface area contributed by atoms with Crippen LogP contribution in [0, 0.1) is 11.8 Å². The maximum absolute atomic E-state index is 11.8. The number of carboxylic acid groups (broad SMARTS) is 1. The topological polar surface area (TPSA) is 66.8 Å². The summed E-state index contributed by atoms with van der Waals surface area (Å²) in [7, 11) is 0. The fourth-order valence-corrected chi connectivity index (χ4v) is 2.12. The molecular formula is C12H21NO4. The molecule has 1 aliphatic heterocycles. The molecule has 0 aromatic carbocycles. The molecule has 1 aliphatic rings. The van der Waals surface area contributed by atoms with Crippen molar-refractivity contribution in [3.8, 4) is 0 Å². The van der Waals surface area contributed by atoms with Gasteiger partial charge in [-0.3, -0.25) is 9.59 Å². The lowest BCUT2D eigenvalue weighted by Crippen LogP contribution is -2.29. The normalized spacial score (nSPS) is 24.0. The Hall–Kier alpha value is -1.10. The lowest BCUT2D eigenvalue weighted by Gasteiger charge is -2.15. The standard InChI is InChI=1S/C12H21NO4/c1-3-17-6-4-5-11(14)13-7-9(2)10(8-13)12(15)16/h9-10H,3-8H2,1-2H3,(H,15,16). The molecule has 0 aromatic heterocycles. The van der Waals surface area contributed by atoms with E-state index in [2.05, 4.69) is 0 Å². The highest BCUT2D eigenvalue weighted by molar-refractivity contribution is 5.78. The molecule has 1 N–H and O–H groups in total. The van der Waals surface area contributed by atoms with Gasteiger partial charge in [0.05, 0.1) is 5.92 Å². The fourth-order valence-electron chi connectivity index (χ4n) is 2.12. The van der Waals surface area contributed by atoms with Crippen LogP contribution in [0.1, 0.15) is 26.7 Å². The Balaban J connectivity index is 2.32. The first-order valence-corrected chi connectivity index (χ1v) is 6.14. The molecule has 1 saturated heterocycles. The molecule has 0 aromatic rings. The van der Waals surface area contributed by atoms with Gasteiger partial charge in [-0.05, 0) is 19.3 Å². The summed E-state index contributed by atoms with van der Waals surface area (Å²) < 4.78 is 5.16. The van der Waals surface area contributed by atoms with Crippen LogP contribution in [0.25, 0.3) is 0 Å². The molecular weight excluding hydrogens is 222 g/mol. The lowest BCUT2D eigenvalue weighted by atomic mass is 9.99. The van der Waals surface area contributed by atoms with Crippen LogP contribution in [-0.4, -0.2) is 48.2 Å². The van der Waals surface area contributed by atoms with Crippen LogP contribution in [0.15, 0.2) is 0 Å². The molecule has 98 valence electrons. The van der Waals surface area contributed by atoms with E-state index in [-0.39, 0.29) is 11.8 Å². The van der Waals surface area contributed by atoms with Crippen molar-refractivity contribution in [3.63, 3.8) is 0 Å². The number of carbonyl (C=O) groups excluding carboxylic acids is 1. The summed E-state index contributed by atoms with van der Waals surface area (Å²) in [4.78, 5) is 24.4. The van der Waals surface area contributed by atoms with Crippen LogP contribution in [0.4, 0.5) is 0 Å². The quantitative estimate of drug-likeness (QED) is 0.706. The van der Waals surface area contributed by atoms with Crippen LogP contribution in [0.2, 0.25) is 0 Å². The Morgan fingerprint density at radius 2 is 2.12 bits per heavy atom. The number of ether oxygens (including phenoxy) is 1. The van der Waals surface area contributed by atoms with Gasteiger partial charge >= 0.3 is 5.97 Å². The number of carboxylic acids is 1. The van der Waals surface area contributed by atoms with Crippen molar-refractivity contribution in [3.05, 3.63) is 0 Å². The second kappa shape index (κ2) is 6.59. The number of hydrogen-bond acceptors (Lipinski definition) is 3. The molecule has 0 aliphatic carbocycles. The smallest absolute Gasteiger partial charge is 0.308 e. The summed E-state index contributed by atoms with van der Waals surface area (Å²) in [6, 6.07) is 0. The van der Waals surface area contributed by atoms with Gasteiger partial charge in [-0.25, -0.2) is 0 Å². The lowest BCUT2D eigenvalue weighted by molar-refractivity contribution is -0.142. The zero-order valence-corrected chi connectivity index (χ0v) is 10.5. The number of rotatable bonds is 6. The van der Waals surface area contributed by atoms with Crippen molar-refractivity contribution in [2.24, 2.45) is 11.8 Å². The minimum absolute atomic E-state index is 0.0419. The van der Waals surface area contributed by atoms with Crippen LogP contribution in [0.3, 0.4) is 0 Å². The minimum atomic E-state index is -0.804. The molecule has 0 spiro atoms. The van der Waals surface area contributed by atoms with E-state index in [4.69, 9.17) is 9.84 Å². The molecule has 5 nitrogen and oxygen atoms in total. The Morgan fingerprint density at radius 3 is 2.65 bits per heavy atom. The SMILES string of the molecule is CCOCCCC(=O)N1CC(C)C(C(=O)O)C1. The molecule has 1 fully saturated rings. The van der Waals surface area contributed by atoms with E-state index in [0.717, 1.165) is 0 Å². The number of nitrogens with zero attached hydrogens (tertiary/aromatic N) is 1. The zero-order chi connectivity index (χ0) is 12.8. The molecule has 0 radical (unpaired) electrons. The van der Waals surface area contributed by atoms with Crippen molar-refractivity contribution in [1.29, 1.82) is 0 Å². The third-order valence-electron chi connectivity index (χ3n) is 3.17. The molecule has 2 atom stereocenters. The first-order valence-electron chi connectivity index (χ1n) is 6.14. The van der Waals surface area contributed by atoms with Gasteiger partial charge in [0.1, 0.15) is 0 Å². The predicted molar refractivity (Wildman–Crippen MR) is 62.6 cm³/mol. The minimum Gasteiger partial charge on any atom is -0.481 e. The van der Waals surface area contributed by atoms with E-state index >= 15 is 0 Å². The molecule has 1 heterocycles. The van der Waals surface area contributed by atoms with Crippen molar-refractivity contribution in [2.75, 3.05) is 26.3 Å². The second-order valence-electron chi connectivity index (χ2n) is 4.52. The largest absolute Gasteiger partial charge is 0.481 e. The first kappa shape index (κ1) is 14.0. The fraction of sp³-hybridized carbons (Fsp3) is 0.833. The molecule has 5 heteroatoms. The third kappa shape index (κ3) is 4.00. The van der Waals surface area contributed by atoms with Gasteiger partial charge in [0, 0.05) is 32.7 Å². The zero-order valence-electron chi connectivity index (χ0n) is 10.5. The summed E-state index contributed by atoms with van der Waals surface area (Å²) in [5.74, 6) is -1.13. The van der Waals surface area contributed by atoms with Gasteiger partial charge in [-0.15, -0.1) is 0 Å². The van der Waals surface area contributed by atoms with Gasteiger partial charge < -0.3 is 14.7 Å². The summed E-state index contributed by atoms with van der Waals surface area (Å²) in [6.07, 6.45) is 1.15. The van der Waals surface area contributed by atoms with E-state index in [1.54, 1.807) is 4.90 Å². The van der Waals surface area contributed by atoms with Crippen molar-refractivity contribution >= 4 is 11.9 Å². The van der Waals surface area contributed by atoms with Crippen LogP contribution in [0.5, 0.6) is 0 Å². The Labute approximate surface area is 102 Å². The first-order chi connectivity index (χ1) is 8.06. The summed E-state index contributed by atoms with van der Waals surface area (Å²) in [5.41, 5.74) is 0. The Kier molecular flexibility index (Phi) is 5.41. The molecule has 2 unspecified atom stereocenters. The number of amides is 1. The molecule has 17 heavy (non-hydrogen) atoms. The van der Waals surface area contributed by atoms with E-state index in [9.17, 15) is 9.59 Å². The highest BCUT2D eigenvalue weighted by atomic mass is 16.5. The van der Waals surface area contributed by atoms with Gasteiger partial charge in [0.25, 0.3) is 0 Å². The predicted octanol–water partition coefficient (Wildman–Crippen LogP) is 0.982. The highest BCUT2D eigenvalue weighted by Gasteiger charge is 2.36.